The molecule has 0 aliphatic rings. The molecule has 136 valence electrons. The molecule has 0 N–H and O–H groups in total. The van der Waals surface area contributed by atoms with Crippen LogP contribution in [0.25, 0.3) is 32.3 Å². The van der Waals surface area contributed by atoms with Crippen LogP contribution >= 0.6 is 0 Å². The number of ether oxygens (including phenoxy) is 1. The average Bonchev–Trinajstić information content (AvgIpc) is 3.21. The van der Waals surface area contributed by atoms with Gasteiger partial charge in [0.05, 0.1) is 19.9 Å². The van der Waals surface area contributed by atoms with E-state index in [0.717, 1.165) is 5.56 Å². The number of nitrogens with zero attached hydrogens (tertiary/aromatic N) is 3. The van der Waals surface area contributed by atoms with Crippen molar-refractivity contribution in [1.82, 2.24) is 15.0 Å². The van der Waals surface area contributed by atoms with Crippen LogP contribution in [0.4, 0.5) is 0 Å². The van der Waals surface area contributed by atoms with Gasteiger partial charge in [-0.25, -0.2) is 9.48 Å². The van der Waals surface area contributed by atoms with Crippen LogP contribution in [-0.4, -0.2) is 28.1 Å². The average molecular weight is 367 g/mol. The van der Waals surface area contributed by atoms with Gasteiger partial charge >= 0.3 is 5.97 Å². The summed E-state index contributed by atoms with van der Waals surface area (Å²) >= 11 is 0. The molecule has 28 heavy (non-hydrogen) atoms. The van der Waals surface area contributed by atoms with E-state index in [2.05, 4.69) is 71.0 Å². The van der Waals surface area contributed by atoms with Gasteiger partial charge in [0, 0.05) is 0 Å². The molecule has 5 aromatic rings. The highest BCUT2D eigenvalue weighted by atomic mass is 16.5. The predicted octanol–water partition coefficient (Wildman–Crippen LogP) is 4.57. The van der Waals surface area contributed by atoms with Crippen molar-refractivity contribution in [2.45, 2.75) is 6.54 Å². The van der Waals surface area contributed by atoms with Gasteiger partial charge < -0.3 is 4.74 Å². The number of hydrogen-bond acceptors (Lipinski definition) is 4. The molecule has 0 radical (unpaired) electrons. The molecule has 5 nitrogen and oxygen atoms in total. The summed E-state index contributed by atoms with van der Waals surface area (Å²) < 4.78 is 6.44. The second kappa shape index (κ2) is 6.46. The molecule has 0 bridgehead atoms. The Labute approximate surface area is 161 Å². The number of esters is 1. The van der Waals surface area contributed by atoms with E-state index in [1.807, 2.05) is 6.07 Å². The normalized spacial score (nSPS) is 11.3. The molecule has 1 aromatic heterocycles. The third kappa shape index (κ3) is 2.44. The summed E-state index contributed by atoms with van der Waals surface area (Å²) in [5.74, 6) is -0.444. The van der Waals surface area contributed by atoms with Crippen LogP contribution in [0.3, 0.4) is 0 Å². The summed E-state index contributed by atoms with van der Waals surface area (Å²) in [6.07, 6.45) is 1.43. The summed E-state index contributed by atoms with van der Waals surface area (Å²) in [7, 11) is 1.36. The molecular weight excluding hydrogens is 350 g/mol. The number of rotatable bonds is 3. The fourth-order valence-corrected chi connectivity index (χ4v) is 3.96. The van der Waals surface area contributed by atoms with Crippen molar-refractivity contribution in [3.8, 4) is 0 Å². The van der Waals surface area contributed by atoms with Gasteiger partial charge in [-0.15, -0.1) is 5.10 Å². The van der Waals surface area contributed by atoms with Crippen LogP contribution in [0.15, 0.2) is 72.9 Å². The lowest BCUT2D eigenvalue weighted by Gasteiger charge is -2.14. The SMILES string of the molecule is COC(=O)c1cnnn1Cc1cccc2c3ccccc3c3ccccc3c12. The Morgan fingerprint density at radius 3 is 2.07 bits per heavy atom. The third-order valence-corrected chi connectivity index (χ3v) is 5.19. The molecule has 4 aromatic carbocycles. The molecule has 0 amide bonds. The van der Waals surface area contributed by atoms with E-state index in [1.54, 1.807) is 4.68 Å². The van der Waals surface area contributed by atoms with Gasteiger partial charge in [0.15, 0.2) is 5.69 Å². The van der Waals surface area contributed by atoms with Gasteiger partial charge in [0.25, 0.3) is 0 Å². The molecule has 0 atom stereocenters. The van der Waals surface area contributed by atoms with Crippen LogP contribution in [0.1, 0.15) is 16.1 Å². The molecule has 0 saturated heterocycles. The molecular formula is C23H17N3O2. The van der Waals surface area contributed by atoms with E-state index in [4.69, 9.17) is 4.74 Å². The first-order valence-corrected chi connectivity index (χ1v) is 9.06. The molecule has 1 heterocycles. The highest BCUT2D eigenvalue weighted by molar-refractivity contribution is 6.26. The number of fused-ring (bicyclic) bond motifs is 6. The van der Waals surface area contributed by atoms with Gasteiger partial charge in [0.2, 0.25) is 0 Å². The van der Waals surface area contributed by atoms with E-state index >= 15 is 0 Å². The summed E-state index contributed by atoms with van der Waals surface area (Å²) in [6.45, 7) is 0.435. The lowest BCUT2D eigenvalue weighted by molar-refractivity contribution is 0.0587. The molecule has 5 rings (SSSR count). The second-order valence-electron chi connectivity index (χ2n) is 6.70. The van der Waals surface area contributed by atoms with Crippen molar-refractivity contribution >= 4 is 38.3 Å². The molecule has 0 aliphatic heterocycles. The van der Waals surface area contributed by atoms with Crippen LogP contribution in [0.5, 0.6) is 0 Å². The van der Waals surface area contributed by atoms with Crippen LogP contribution in [0, 0.1) is 0 Å². The molecule has 0 unspecified atom stereocenters. The quantitative estimate of drug-likeness (QED) is 0.346. The zero-order valence-corrected chi connectivity index (χ0v) is 15.3. The first kappa shape index (κ1) is 16.4. The van der Waals surface area contributed by atoms with Gasteiger partial charge in [-0.2, -0.15) is 0 Å². The van der Waals surface area contributed by atoms with Crippen LogP contribution in [0.2, 0.25) is 0 Å². The minimum atomic E-state index is -0.444. The third-order valence-electron chi connectivity index (χ3n) is 5.19. The van der Waals surface area contributed by atoms with Gasteiger partial charge in [-0.1, -0.05) is 71.9 Å². The Hall–Kier alpha value is -3.73. The fourth-order valence-electron chi connectivity index (χ4n) is 3.96. The van der Waals surface area contributed by atoms with Gasteiger partial charge in [-0.05, 0) is 37.9 Å². The summed E-state index contributed by atoms with van der Waals surface area (Å²) in [5.41, 5.74) is 1.42. The molecule has 0 saturated carbocycles. The van der Waals surface area contributed by atoms with E-state index in [9.17, 15) is 4.79 Å². The number of methoxy groups -OCH3 is 1. The van der Waals surface area contributed by atoms with E-state index < -0.39 is 5.97 Å². The standard InChI is InChI=1S/C23H17N3O2/c1-28-23(27)21-13-24-25-26(21)14-15-7-6-12-20-18-9-3-2-8-16(18)17-10-4-5-11-19(17)22(15)20/h2-13H,14H2,1H3. The maximum absolute atomic E-state index is 12.0. The van der Waals surface area contributed by atoms with Crippen molar-refractivity contribution in [2.75, 3.05) is 7.11 Å². The van der Waals surface area contributed by atoms with Crippen molar-refractivity contribution in [3.05, 3.63) is 84.2 Å². The number of aromatic nitrogens is 3. The zero-order valence-electron chi connectivity index (χ0n) is 15.3. The fraction of sp³-hybridized carbons (Fsp3) is 0.0870. The minimum Gasteiger partial charge on any atom is -0.464 e. The number of hydrogen-bond donors (Lipinski definition) is 0. The summed E-state index contributed by atoms with van der Waals surface area (Å²) in [4.78, 5) is 12.0. The first-order chi connectivity index (χ1) is 13.8. The number of carbonyl (C=O) groups is 1. The maximum atomic E-state index is 12.0. The highest BCUT2D eigenvalue weighted by Crippen LogP contribution is 2.36. The predicted molar refractivity (Wildman–Crippen MR) is 109 cm³/mol. The minimum absolute atomic E-state index is 0.338. The van der Waals surface area contributed by atoms with E-state index in [-0.39, 0.29) is 0 Å². The maximum Gasteiger partial charge on any atom is 0.358 e. The van der Waals surface area contributed by atoms with Crippen LogP contribution < -0.4 is 0 Å². The molecule has 0 spiro atoms. The van der Waals surface area contributed by atoms with Crippen molar-refractivity contribution < 1.29 is 9.53 Å². The summed E-state index contributed by atoms with van der Waals surface area (Å²) in [6, 6.07) is 23.2. The molecule has 5 heteroatoms. The van der Waals surface area contributed by atoms with Gasteiger partial charge in [0.1, 0.15) is 0 Å². The molecule has 0 aliphatic carbocycles. The van der Waals surface area contributed by atoms with Crippen molar-refractivity contribution in [3.63, 3.8) is 0 Å². The lowest BCUT2D eigenvalue weighted by atomic mass is 9.92. The molecule has 0 fully saturated rings. The van der Waals surface area contributed by atoms with E-state index in [1.165, 1.54) is 45.6 Å². The Balaban J connectivity index is 1.82. The first-order valence-electron chi connectivity index (χ1n) is 9.06. The summed E-state index contributed by atoms with van der Waals surface area (Å²) in [5, 5.41) is 15.2. The van der Waals surface area contributed by atoms with Crippen molar-refractivity contribution in [1.29, 1.82) is 0 Å². The van der Waals surface area contributed by atoms with E-state index in [0.29, 0.717) is 12.2 Å². The largest absolute Gasteiger partial charge is 0.464 e. The Kier molecular flexibility index (Phi) is 3.79. The van der Waals surface area contributed by atoms with Gasteiger partial charge in [-0.3, -0.25) is 0 Å². The Morgan fingerprint density at radius 2 is 1.43 bits per heavy atom. The highest BCUT2D eigenvalue weighted by Gasteiger charge is 2.16. The second-order valence-corrected chi connectivity index (χ2v) is 6.70. The zero-order chi connectivity index (χ0) is 19.1. The monoisotopic (exact) mass is 367 g/mol. The Bertz CT molecular complexity index is 1310. The topological polar surface area (TPSA) is 57.0 Å². The lowest BCUT2D eigenvalue weighted by Crippen LogP contribution is -2.13. The van der Waals surface area contributed by atoms with Crippen molar-refractivity contribution in [2.24, 2.45) is 0 Å². The number of carbonyl (C=O) groups excluding carboxylic acids is 1. The smallest absolute Gasteiger partial charge is 0.358 e. The Morgan fingerprint density at radius 1 is 0.857 bits per heavy atom. The van der Waals surface area contributed by atoms with Crippen LogP contribution in [-0.2, 0) is 11.3 Å². The number of benzene rings is 4.